The van der Waals surface area contributed by atoms with E-state index in [9.17, 15) is 0 Å². The maximum absolute atomic E-state index is 6.48. The number of ether oxygens (including phenoxy) is 1. The molecule has 1 saturated heterocycles. The lowest BCUT2D eigenvalue weighted by atomic mass is 9.99. The number of hydrogen-bond donors (Lipinski definition) is 1. The Morgan fingerprint density at radius 1 is 1.24 bits per heavy atom. The molecule has 1 saturated carbocycles. The largest absolute Gasteiger partial charge is 0.381 e. The summed E-state index contributed by atoms with van der Waals surface area (Å²) in [6.07, 6.45) is 4.95. The second kappa shape index (κ2) is 6.99. The van der Waals surface area contributed by atoms with Crippen LogP contribution in [0.5, 0.6) is 0 Å². The summed E-state index contributed by atoms with van der Waals surface area (Å²) in [6, 6.07) is 7.19. The summed E-state index contributed by atoms with van der Waals surface area (Å²) in [7, 11) is 2.14. The quantitative estimate of drug-likeness (QED) is 0.871. The third kappa shape index (κ3) is 4.35. The van der Waals surface area contributed by atoms with Crippen LogP contribution in [0.1, 0.15) is 31.2 Å². The Labute approximate surface area is 132 Å². The van der Waals surface area contributed by atoms with Gasteiger partial charge in [0.1, 0.15) is 0 Å². The van der Waals surface area contributed by atoms with Crippen LogP contribution in [0.25, 0.3) is 0 Å². The molecule has 0 bridgehead atoms. The molecule has 1 aromatic rings. The molecule has 1 heterocycles. The third-order valence-corrected chi connectivity index (χ3v) is 4.77. The molecule has 0 aromatic heterocycles. The van der Waals surface area contributed by atoms with E-state index in [1.165, 1.54) is 18.4 Å². The third-order valence-electron chi connectivity index (χ3n) is 4.47. The Bertz CT molecular complexity index is 470. The zero-order chi connectivity index (χ0) is 14.7. The Morgan fingerprint density at radius 3 is 2.67 bits per heavy atom. The van der Waals surface area contributed by atoms with Crippen LogP contribution in [0.4, 0.5) is 5.69 Å². The highest BCUT2D eigenvalue weighted by molar-refractivity contribution is 6.33. The van der Waals surface area contributed by atoms with Crippen LogP contribution in [-0.2, 0) is 11.3 Å². The lowest BCUT2D eigenvalue weighted by Crippen LogP contribution is -2.29. The Kier molecular flexibility index (Phi) is 5.04. The molecule has 1 aliphatic heterocycles. The van der Waals surface area contributed by atoms with E-state index in [1.807, 2.05) is 0 Å². The van der Waals surface area contributed by atoms with Crippen molar-refractivity contribution in [2.45, 2.75) is 38.3 Å². The predicted octanol–water partition coefficient (Wildman–Crippen LogP) is 3.45. The molecule has 0 unspecified atom stereocenters. The Hall–Kier alpha value is -0.770. The topological polar surface area (TPSA) is 24.5 Å². The predicted molar refractivity (Wildman–Crippen MR) is 88.1 cm³/mol. The van der Waals surface area contributed by atoms with Gasteiger partial charge in [-0.15, -0.1) is 0 Å². The van der Waals surface area contributed by atoms with Crippen molar-refractivity contribution in [2.75, 3.05) is 31.7 Å². The maximum Gasteiger partial charge on any atom is 0.0642 e. The molecule has 0 atom stereocenters. The second-order valence-corrected chi connectivity index (χ2v) is 6.78. The van der Waals surface area contributed by atoms with Crippen LogP contribution < -0.4 is 10.2 Å². The summed E-state index contributed by atoms with van der Waals surface area (Å²) in [5.41, 5.74) is 2.41. The minimum Gasteiger partial charge on any atom is -0.381 e. The van der Waals surface area contributed by atoms with Gasteiger partial charge in [0.25, 0.3) is 0 Å². The molecule has 2 aliphatic rings. The van der Waals surface area contributed by atoms with E-state index in [4.69, 9.17) is 16.3 Å². The molecule has 0 spiro atoms. The van der Waals surface area contributed by atoms with Gasteiger partial charge in [-0.3, -0.25) is 0 Å². The first-order valence-electron chi connectivity index (χ1n) is 8.03. The molecular formula is C17H25ClN2O. The van der Waals surface area contributed by atoms with Crippen molar-refractivity contribution in [3.8, 4) is 0 Å². The standard InChI is InChI=1S/C17H25ClN2O/c1-20(12-13-6-8-21-9-7-13)17-5-2-14(10-16(17)18)11-19-15-3-4-15/h2,5,10,13,15,19H,3-4,6-9,11-12H2,1H3. The summed E-state index contributed by atoms with van der Waals surface area (Å²) in [5.74, 6) is 0.719. The smallest absolute Gasteiger partial charge is 0.0642 e. The van der Waals surface area contributed by atoms with Gasteiger partial charge >= 0.3 is 0 Å². The molecule has 1 aliphatic carbocycles. The van der Waals surface area contributed by atoms with Gasteiger partial charge in [0.15, 0.2) is 0 Å². The van der Waals surface area contributed by atoms with Gasteiger partial charge in [-0.25, -0.2) is 0 Å². The number of nitrogens with one attached hydrogen (secondary N) is 1. The fourth-order valence-electron chi connectivity index (χ4n) is 2.93. The van der Waals surface area contributed by atoms with Gasteiger partial charge in [-0.1, -0.05) is 17.7 Å². The van der Waals surface area contributed by atoms with Crippen molar-refractivity contribution < 1.29 is 4.74 Å². The van der Waals surface area contributed by atoms with Crippen molar-refractivity contribution in [3.05, 3.63) is 28.8 Å². The van der Waals surface area contributed by atoms with Crippen molar-refractivity contribution in [1.29, 1.82) is 0 Å². The van der Waals surface area contributed by atoms with Gasteiger partial charge < -0.3 is 15.0 Å². The van der Waals surface area contributed by atoms with Gasteiger partial charge in [0.2, 0.25) is 0 Å². The van der Waals surface area contributed by atoms with Crippen LogP contribution in [0.3, 0.4) is 0 Å². The van der Waals surface area contributed by atoms with Gasteiger partial charge in [0.05, 0.1) is 10.7 Å². The Morgan fingerprint density at radius 2 is 2.00 bits per heavy atom. The average Bonchev–Trinajstić information content (AvgIpc) is 3.30. The zero-order valence-electron chi connectivity index (χ0n) is 12.8. The van der Waals surface area contributed by atoms with E-state index in [1.54, 1.807) is 0 Å². The van der Waals surface area contributed by atoms with Crippen LogP contribution >= 0.6 is 11.6 Å². The fraction of sp³-hybridized carbons (Fsp3) is 0.647. The molecule has 0 radical (unpaired) electrons. The van der Waals surface area contributed by atoms with Crippen LogP contribution in [0.15, 0.2) is 18.2 Å². The summed E-state index contributed by atoms with van der Waals surface area (Å²) in [6.45, 7) is 3.78. The molecule has 3 nitrogen and oxygen atoms in total. The number of benzene rings is 1. The van der Waals surface area contributed by atoms with E-state index in [0.29, 0.717) is 0 Å². The number of rotatable bonds is 6. The molecule has 1 aromatic carbocycles. The van der Waals surface area contributed by atoms with E-state index in [2.05, 4.69) is 35.5 Å². The molecule has 3 rings (SSSR count). The van der Waals surface area contributed by atoms with Crippen molar-refractivity contribution in [1.82, 2.24) is 5.32 Å². The first kappa shape index (κ1) is 15.1. The minimum absolute atomic E-state index is 0.719. The van der Waals surface area contributed by atoms with Gasteiger partial charge in [-0.2, -0.15) is 0 Å². The molecule has 2 fully saturated rings. The molecular weight excluding hydrogens is 284 g/mol. The zero-order valence-corrected chi connectivity index (χ0v) is 13.5. The minimum atomic E-state index is 0.719. The van der Waals surface area contributed by atoms with Crippen LogP contribution in [0, 0.1) is 5.92 Å². The summed E-state index contributed by atoms with van der Waals surface area (Å²) >= 11 is 6.48. The van der Waals surface area contributed by atoms with E-state index in [-0.39, 0.29) is 0 Å². The average molecular weight is 309 g/mol. The Balaban J connectivity index is 1.57. The van der Waals surface area contributed by atoms with Crippen molar-refractivity contribution in [2.24, 2.45) is 5.92 Å². The van der Waals surface area contributed by atoms with Crippen molar-refractivity contribution in [3.63, 3.8) is 0 Å². The number of hydrogen-bond acceptors (Lipinski definition) is 3. The first-order valence-corrected chi connectivity index (χ1v) is 8.41. The van der Waals surface area contributed by atoms with Crippen LogP contribution in [0.2, 0.25) is 5.02 Å². The molecule has 116 valence electrons. The van der Waals surface area contributed by atoms with Crippen LogP contribution in [-0.4, -0.2) is 32.8 Å². The maximum atomic E-state index is 6.48. The van der Waals surface area contributed by atoms with E-state index < -0.39 is 0 Å². The van der Waals surface area contributed by atoms with E-state index in [0.717, 1.165) is 61.8 Å². The molecule has 0 amide bonds. The highest BCUT2D eigenvalue weighted by atomic mass is 35.5. The highest BCUT2D eigenvalue weighted by Gasteiger charge is 2.20. The SMILES string of the molecule is CN(CC1CCOCC1)c1ccc(CNC2CC2)cc1Cl. The monoisotopic (exact) mass is 308 g/mol. The summed E-state index contributed by atoms with van der Waals surface area (Å²) in [4.78, 5) is 2.29. The lowest BCUT2D eigenvalue weighted by molar-refractivity contribution is 0.0685. The van der Waals surface area contributed by atoms with Gasteiger partial charge in [-0.05, 0) is 49.3 Å². The molecule has 4 heteroatoms. The lowest BCUT2D eigenvalue weighted by Gasteiger charge is -2.29. The number of anilines is 1. The normalized spacial score (nSPS) is 19.7. The highest BCUT2D eigenvalue weighted by Crippen LogP contribution is 2.28. The summed E-state index contributed by atoms with van der Waals surface area (Å²) < 4.78 is 5.43. The first-order chi connectivity index (χ1) is 10.2. The number of halogens is 1. The number of nitrogens with zero attached hydrogens (tertiary/aromatic N) is 1. The van der Waals surface area contributed by atoms with E-state index >= 15 is 0 Å². The summed E-state index contributed by atoms with van der Waals surface area (Å²) in [5, 5.41) is 4.39. The fourth-order valence-corrected chi connectivity index (χ4v) is 3.28. The van der Waals surface area contributed by atoms with Gasteiger partial charge in [0, 0.05) is 39.4 Å². The van der Waals surface area contributed by atoms with Crippen molar-refractivity contribution >= 4 is 17.3 Å². The molecule has 1 N–H and O–H groups in total. The molecule has 21 heavy (non-hydrogen) atoms. The second-order valence-electron chi connectivity index (χ2n) is 6.38.